The van der Waals surface area contributed by atoms with Gasteiger partial charge < -0.3 is 10.2 Å². The molecule has 1 aliphatic rings. The van der Waals surface area contributed by atoms with Gasteiger partial charge in [0, 0.05) is 12.6 Å². The van der Waals surface area contributed by atoms with Gasteiger partial charge >= 0.3 is 0 Å². The Hall–Kier alpha value is -0.0800. The SMILES string of the molecule is CN(C)CC1CC(C)(C)CCN1. The highest BCUT2D eigenvalue weighted by Crippen LogP contribution is 2.29. The van der Waals surface area contributed by atoms with Crippen molar-refractivity contribution in [1.82, 2.24) is 10.2 Å². The van der Waals surface area contributed by atoms with Crippen LogP contribution in [-0.2, 0) is 0 Å². The molecule has 1 atom stereocenters. The third kappa shape index (κ3) is 3.11. The maximum Gasteiger partial charge on any atom is 0.0199 e. The molecular weight excluding hydrogens is 148 g/mol. The average Bonchev–Trinajstić information content (AvgIpc) is 1.82. The quantitative estimate of drug-likeness (QED) is 0.672. The molecule has 1 saturated heterocycles. The largest absolute Gasteiger partial charge is 0.313 e. The molecule has 1 aliphatic heterocycles. The van der Waals surface area contributed by atoms with Crippen molar-refractivity contribution in [1.29, 1.82) is 0 Å². The first-order valence-corrected chi connectivity index (χ1v) is 4.88. The van der Waals surface area contributed by atoms with Gasteiger partial charge in [-0.25, -0.2) is 0 Å². The lowest BCUT2D eigenvalue weighted by Crippen LogP contribution is -2.46. The number of rotatable bonds is 2. The van der Waals surface area contributed by atoms with Crippen molar-refractivity contribution in [3.05, 3.63) is 0 Å². The summed E-state index contributed by atoms with van der Waals surface area (Å²) < 4.78 is 0. The summed E-state index contributed by atoms with van der Waals surface area (Å²) in [4.78, 5) is 2.26. The molecule has 72 valence electrons. The summed E-state index contributed by atoms with van der Waals surface area (Å²) in [5.74, 6) is 0. The predicted molar refractivity (Wildman–Crippen MR) is 53.4 cm³/mol. The van der Waals surface area contributed by atoms with E-state index < -0.39 is 0 Å². The fourth-order valence-electron chi connectivity index (χ4n) is 2.03. The van der Waals surface area contributed by atoms with Gasteiger partial charge in [-0.1, -0.05) is 13.8 Å². The normalized spacial score (nSPS) is 29.2. The van der Waals surface area contributed by atoms with E-state index in [0.717, 1.165) is 0 Å². The van der Waals surface area contributed by atoms with Gasteiger partial charge in [-0.3, -0.25) is 0 Å². The predicted octanol–water partition coefficient (Wildman–Crippen LogP) is 1.33. The fourth-order valence-corrected chi connectivity index (χ4v) is 2.03. The van der Waals surface area contributed by atoms with Crippen LogP contribution in [0.25, 0.3) is 0 Å². The molecule has 1 heterocycles. The van der Waals surface area contributed by atoms with E-state index in [2.05, 4.69) is 38.2 Å². The van der Waals surface area contributed by atoms with Crippen LogP contribution < -0.4 is 5.32 Å². The second kappa shape index (κ2) is 3.75. The lowest BCUT2D eigenvalue weighted by Gasteiger charge is -2.37. The van der Waals surface area contributed by atoms with Crippen molar-refractivity contribution in [3.63, 3.8) is 0 Å². The molecule has 2 nitrogen and oxygen atoms in total. The van der Waals surface area contributed by atoms with Crippen LogP contribution in [-0.4, -0.2) is 38.1 Å². The first-order chi connectivity index (χ1) is 5.49. The topological polar surface area (TPSA) is 15.3 Å². The molecule has 1 fully saturated rings. The second-order valence-corrected chi connectivity index (χ2v) is 5.03. The van der Waals surface area contributed by atoms with Crippen molar-refractivity contribution in [2.24, 2.45) is 5.41 Å². The van der Waals surface area contributed by atoms with Crippen LogP contribution in [0.3, 0.4) is 0 Å². The van der Waals surface area contributed by atoms with E-state index in [0.29, 0.717) is 11.5 Å². The molecule has 0 aromatic rings. The number of piperidine rings is 1. The molecule has 1 unspecified atom stereocenters. The van der Waals surface area contributed by atoms with Gasteiger partial charge in [0.2, 0.25) is 0 Å². The van der Waals surface area contributed by atoms with E-state index in [4.69, 9.17) is 0 Å². The van der Waals surface area contributed by atoms with E-state index in [1.807, 2.05) is 0 Å². The minimum Gasteiger partial charge on any atom is -0.313 e. The number of nitrogens with one attached hydrogen (secondary N) is 1. The van der Waals surface area contributed by atoms with E-state index in [9.17, 15) is 0 Å². The summed E-state index contributed by atoms with van der Waals surface area (Å²) in [6.07, 6.45) is 2.63. The third-order valence-corrected chi connectivity index (χ3v) is 2.62. The monoisotopic (exact) mass is 170 g/mol. The number of nitrogens with zero attached hydrogens (tertiary/aromatic N) is 1. The molecule has 1 rings (SSSR count). The highest BCUT2D eigenvalue weighted by Gasteiger charge is 2.27. The second-order valence-electron chi connectivity index (χ2n) is 5.03. The standard InChI is InChI=1S/C10H22N2/c1-10(2)5-6-11-9(7-10)8-12(3)4/h9,11H,5-8H2,1-4H3. The summed E-state index contributed by atoms with van der Waals surface area (Å²) in [7, 11) is 4.28. The number of hydrogen-bond acceptors (Lipinski definition) is 2. The van der Waals surface area contributed by atoms with Crippen LogP contribution in [0.5, 0.6) is 0 Å². The van der Waals surface area contributed by atoms with E-state index >= 15 is 0 Å². The molecule has 0 radical (unpaired) electrons. The lowest BCUT2D eigenvalue weighted by atomic mass is 9.80. The van der Waals surface area contributed by atoms with Crippen LogP contribution in [0.2, 0.25) is 0 Å². The maximum absolute atomic E-state index is 3.56. The number of likely N-dealkylation sites (N-methyl/N-ethyl adjacent to an activating group) is 1. The molecule has 0 amide bonds. The van der Waals surface area contributed by atoms with Crippen LogP contribution in [0, 0.1) is 5.41 Å². The smallest absolute Gasteiger partial charge is 0.0199 e. The summed E-state index contributed by atoms with van der Waals surface area (Å²) in [5, 5.41) is 3.56. The Labute approximate surface area is 76.3 Å². The highest BCUT2D eigenvalue weighted by atomic mass is 15.1. The van der Waals surface area contributed by atoms with E-state index in [1.165, 1.54) is 25.9 Å². The van der Waals surface area contributed by atoms with E-state index in [-0.39, 0.29) is 0 Å². The Morgan fingerprint density at radius 1 is 1.42 bits per heavy atom. The zero-order valence-electron chi connectivity index (χ0n) is 8.85. The van der Waals surface area contributed by atoms with Gasteiger partial charge in [0.15, 0.2) is 0 Å². The Kier molecular flexibility index (Phi) is 3.13. The first-order valence-electron chi connectivity index (χ1n) is 4.88. The van der Waals surface area contributed by atoms with Crippen molar-refractivity contribution < 1.29 is 0 Å². The third-order valence-electron chi connectivity index (χ3n) is 2.62. The summed E-state index contributed by atoms with van der Waals surface area (Å²) >= 11 is 0. The Bertz CT molecular complexity index is 141. The molecule has 1 N–H and O–H groups in total. The molecular formula is C10H22N2. The lowest BCUT2D eigenvalue weighted by molar-refractivity contribution is 0.183. The summed E-state index contributed by atoms with van der Waals surface area (Å²) in [6.45, 7) is 7.10. The molecule has 0 spiro atoms. The maximum atomic E-state index is 3.56. The zero-order valence-corrected chi connectivity index (χ0v) is 8.85. The minimum absolute atomic E-state index is 0.548. The van der Waals surface area contributed by atoms with Gasteiger partial charge in [-0.2, -0.15) is 0 Å². The molecule has 12 heavy (non-hydrogen) atoms. The van der Waals surface area contributed by atoms with Gasteiger partial charge in [-0.15, -0.1) is 0 Å². The van der Waals surface area contributed by atoms with Crippen LogP contribution in [0.1, 0.15) is 26.7 Å². The van der Waals surface area contributed by atoms with Crippen molar-refractivity contribution in [2.75, 3.05) is 27.2 Å². The zero-order chi connectivity index (χ0) is 9.19. The fraction of sp³-hybridized carbons (Fsp3) is 1.00. The molecule has 0 aromatic heterocycles. The average molecular weight is 170 g/mol. The molecule has 0 bridgehead atoms. The Balaban J connectivity index is 2.36. The van der Waals surface area contributed by atoms with Gasteiger partial charge in [0.1, 0.15) is 0 Å². The molecule has 0 saturated carbocycles. The highest BCUT2D eigenvalue weighted by molar-refractivity contribution is 4.84. The van der Waals surface area contributed by atoms with Crippen LogP contribution in [0.4, 0.5) is 0 Å². The minimum atomic E-state index is 0.548. The van der Waals surface area contributed by atoms with Gasteiger partial charge in [0.05, 0.1) is 0 Å². The summed E-state index contributed by atoms with van der Waals surface area (Å²) in [6, 6.07) is 0.698. The summed E-state index contributed by atoms with van der Waals surface area (Å²) in [5.41, 5.74) is 0.548. The first kappa shape index (κ1) is 10.0. The Morgan fingerprint density at radius 2 is 2.08 bits per heavy atom. The van der Waals surface area contributed by atoms with Crippen molar-refractivity contribution in [3.8, 4) is 0 Å². The molecule has 0 aromatic carbocycles. The van der Waals surface area contributed by atoms with Gasteiger partial charge in [0.25, 0.3) is 0 Å². The molecule has 0 aliphatic carbocycles. The van der Waals surface area contributed by atoms with Crippen molar-refractivity contribution >= 4 is 0 Å². The van der Waals surface area contributed by atoms with Gasteiger partial charge in [-0.05, 0) is 38.9 Å². The Morgan fingerprint density at radius 3 is 2.58 bits per heavy atom. The number of hydrogen-bond donors (Lipinski definition) is 1. The molecule has 2 heteroatoms. The van der Waals surface area contributed by atoms with Crippen LogP contribution >= 0.6 is 0 Å². The van der Waals surface area contributed by atoms with Crippen LogP contribution in [0.15, 0.2) is 0 Å². The van der Waals surface area contributed by atoms with E-state index in [1.54, 1.807) is 0 Å². The van der Waals surface area contributed by atoms with Crippen molar-refractivity contribution in [2.45, 2.75) is 32.7 Å².